The summed E-state index contributed by atoms with van der Waals surface area (Å²) in [5, 5.41) is 0. The number of hydrogen-bond donors (Lipinski definition) is 1. The Hall–Kier alpha value is -0.820. The Labute approximate surface area is 91.5 Å². The highest BCUT2D eigenvalue weighted by atomic mass is 19.4. The van der Waals surface area contributed by atoms with Crippen molar-refractivity contribution in [2.75, 3.05) is 26.3 Å². The maximum absolute atomic E-state index is 11.7. The number of likely N-dealkylation sites (tertiary alicyclic amines) is 1. The van der Waals surface area contributed by atoms with E-state index >= 15 is 0 Å². The minimum atomic E-state index is -4.33. The first kappa shape index (κ1) is 13.2. The summed E-state index contributed by atoms with van der Waals surface area (Å²) in [5.74, 6) is -0.199. The summed E-state index contributed by atoms with van der Waals surface area (Å²) in [7, 11) is 0. The zero-order valence-corrected chi connectivity index (χ0v) is 8.79. The number of halogens is 3. The van der Waals surface area contributed by atoms with E-state index in [1.165, 1.54) is 0 Å². The number of carbonyl (C=O) groups excluding carboxylic acids is 1. The molecule has 7 heteroatoms. The second-order valence-corrected chi connectivity index (χ2v) is 3.81. The normalized spacial score (nSPS) is 21.5. The fourth-order valence-electron chi connectivity index (χ4n) is 1.52. The van der Waals surface area contributed by atoms with E-state index in [9.17, 15) is 18.0 Å². The minimum absolute atomic E-state index is 0.0138. The fourth-order valence-corrected chi connectivity index (χ4v) is 1.52. The second kappa shape index (κ2) is 5.49. The lowest BCUT2D eigenvalue weighted by Crippen LogP contribution is -2.32. The molecule has 0 radical (unpaired) electrons. The topological polar surface area (TPSA) is 55.6 Å². The van der Waals surface area contributed by atoms with Crippen LogP contribution in [0.3, 0.4) is 0 Å². The lowest BCUT2D eigenvalue weighted by molar-refractivity contribution is -0.175. The van der Waals surface area contributed by atoms with Gasteiger partial charge < -0.3 is 15.4 Å². The van der Waals surface area contributed by atoms with Crippen molar-refractivity contribution >= 4 is 5.91 Å². The number of nitrogens with zero attached hydrogens (tertiary/aromatic N) is 1. The highest BCUT2D eigenvalue weighted by molar-refractivity contribution is 5.76. The van der Waals surface area contributed by atoms with E-state index in [0.717, 1.165) is 6.42 Å². The summed E-state index contributed by atoms with van der Waals surface area (Å²) >= 11 is 0. The molecule has 1 fully saturated rings. The molecule has 1 atom stereocenters. The smallest absolute Gasteiger partial charge is 0.372 e. The summed E-state index contributed by atoms with van der Waals surface area (Å²) in [6.45, 7) is -0.443. The van der Waals surface area contributed by atoms with Crippen molar-refractivity contribution in [1.82, 2.24) is 4.90 Å². The Morgan fingerprint density at radius 1 is 1.50 bits per heavy atom. The molecule has 0 aromatic heterocycles. The summed E-state index contributed by atoms with van der Waals surface area (Å²) in [4.78, 5) is 13.0. The molecular formula is C9H15F3N2O2. The molecule has 0 aliphatic carbocycles. The molecule has 0 spiro atoms. The van der Waals surface area contributed by atoms with Gasteiger partial charge in [-0.15, -0.1) is 0 Å². The molecule has 0 bridgehead atoms. The van der Waals surface area contributed by atoms with E-state index in [0.29, 0.717) is 13.1 Å². The van der Waals surface area contributed by atoms with Gasteiger partial charge in [0.25, 0.3) is 0 Å². The largest absolute Gasteiger partial charge is 0.411 e. The van der Waals surface area contributed by atoms with Gasteiger partial charge in [0.2, 0.25) is 5.91 Å². The first-order valence-corrected chi connectivity index (χ1v) is 5.06. The number of carbonyl (C=O) groups is 1. The minimum Gasteiger partial charge on any atom is -0.372 e. The van der Waals surface area contributed by atoms with E-state index < -0.39 is 12.8 Å². The zero-order chi connectivity index (χ0) is 12.2. The maximum Gasteiger partial charge on any atom is 0.411 e. The van der Waals surface area contributed by atoms with Crippen molar-refractivity contribution in [2.45, 2.75) is 25.1 Å². The Balaban J connectivity index is 2.11. The molecule has 1 heterocycles. The number of rotatable bonds is 4. The third-order valence-electron chi connectivity index (χ3n) is 2.30. The van der Waals surface area contributed by atoms with Gasteiger partial charge in [-0.1, -0.05) is 0 Å². The van der Waals surface area contributed by atoms with Gasteiger partial charge in [-0.25, -0.2) is 0 Å². The van der Waals surface area contributed by atoms with Crippen LogP contribution in [0.4, 0.5) is 13.2 Å². The average Bonchev–Trinajstić information content (AvgIpc) is 2.57. The lowest BCUT2D eigenvalue weighted by Gasteiger charge is -2.15. The van der Waals surface area contributed by atoms with Crippen LogP contribution in [0.2, 0.25) is 0 Å². The molecule has 4 nitrogen and oxygen atoms in total. The quantitative estimate of drug-likeness (QED) is 0.729. The molecule has 1 aliphatic rings. The van der Waals surface area contributed by atoms with Crippen LogP contribution in [0.5, 0.6) is 0 Å². The monoisotopic (exact) mass is 240 g/mol. The molecule has 1 amide bonds. The Bertz CT molecular complexity index is 245. The van der Waals surface area contributed by atoms with Crippen LogP contribution in [0.25, 0.3) is 0 Å². The van der Waals surface area contributed by atoms with Crippen LogP contribution in [0.15, 0.2) is 0 Å². The Morgan fingerprint density at radius 3 is 2.69 bits per heavy atom. The van der Waals surface area contributed by atoms with Gasteiger partial charge in [0.1, 0.15) is 6.61 Å². The molecule has 0 aromatic carbocycles. The van der Waals surface area contributed by atoms with Gasteiger partial charge in [-0.3, -0.25) is 4.79 Å². The second-order valence-electron chi connectivity index (χ2n) is 3.81. The van der Waals surface area contributed by atoms with Crippen molar-refractivity contribution in [3.63, 3.8) is 0 Å². The average molecular weight is 240 g/mol. The number of hydrogen-bond acceptors (Lipinski definition) is 3. The predicted molar refractivity (Wildman–Crippen MR) is 50.7 cm³/mol. The number of nitrogens with two attached hydrogens (primary N) is 1. The predicted octanol–water partition coefficient (Wildman–Crippen LogP) is 0.515. The highest BCUT2D eigenvalue weighted by Gasteiger charge is 2.28. The number of amides is 1. The van der Waals surface area contributed by atoms with Crippen molar-refractivity contribution in [2.24, 2.45) is 5.73 Å². The van der Waals surface area contributed by atoms with E-state index in [1.54, 1.807) is 4.90 Å². The number of alkyl halides is 3. The van der Waals surface area contributed by atoms with E-state index in [2.05, 4.69) is 4.74 Å². The van der Waals surface area contributed by atoms with Gasteiger partial charge in [0.05, 0.1) is 13.0 Å². The zero-order valence-electron chi connectivity index (χ0n) is 8.79. The Kier molecular flexibility index (Phi) is 4.55. The van der Waals surface area contributed by atoms with Crippen molar-refractivity contribution < 1.29 is 22.7 Å². The van der Waals surface area contributed by atoms with Crippen LogP contribution in [0, 0.1) is 0 Å². The molecule has 1 rings (SSSR count). The van der Waals surface area contributed by atoms with E-state index in [-0.39, 0.29) is 25.0 Å². The molecule has 0 saturated carbocycles. The van der Waals surface area contributed by atoms with Crippen LogP contribution in [-0.4, -0.2) is 49.3 Å². The maximum atomic E-state index is 11.7. The van der Waals surface area contributed by atoms with Crippen molar-refractivity contribution in [1.29, 1.82) is 0 Å². The third-order valence-corrected chi connectivity index (χ3v) is 2.30. The molecular weight excluding hydrogens is 225 g/mol. The third kappa shape index (κ3) is 4.80. The van der Waals surface area contributed by atoms with Crippen LogP contribution < -0.4 is 5.73 Å². The molecule has 2 N–H and O–H groups in total. The van der Waals surface area contributed by atoms with Gasteiger partial charge in [0.15, 0.2) is 0 Å². The van der Waals surface area contributed by atoms with Crippen LogP contribution >= 0.6 is 0 Å². The van der Waals surface area contributed by atoms with E-state index in [1.807, 2.05) is 0 Å². The van der Waals surface area contributed by atoms with E-state index in [4.69, 9.17) is 5.73 Å². The summed E-state index contributed by atoms with van der Waals surface area (Å²) in [6, 6.07) is -0.0138. The molecule has 1 saturated heterocycles. The summed E-state index contributed by atoms with van der Waals surface area (Å²) < 4.78 is 39.4. The number of ether oxygens (including phenoxy) is 1. The van der Waals surface area contributed by atoms with Gasteiger partial charge >= 0.3 is 6.18 Å². The molecule has 16 heavy (non-hydrogen) atoms. The standard InChI is InChI=1S/C9H15F3N2O2/c10-9(11,12)6-16-4-2-8(15)14-3-1-7(13)5-14/h7H,1-6,13H2/t7-/m1/s1. The van der Waals surface area contributed by atoms with Crippen molar-refractivity contribution in [3.8, 4) is 0 Å². The molecule has 0 aromatic rings. The molecule has 94 valence electrons. The fraction of sp³-hybridized carbons (Fsp3) is 0.889. The molecule has 1 aliphatic heterocycles. The van der Waals surface area contributed by atoms with Crippen LogP contribution in [0.1, 0.15) is 12.8 Å². The van der Waals surface area contributed by atoms with Gasteiger partial charge in [-0.05, 0) is 6.42 Å². The summed E-state index contributed by atoms with van der Waals surface area (Å²) in [6.07, 6.45) is -3.61. The van der Waals surface area contributed by atoms with Gasteiger partial charge in [-0.2, -0.15) is 13.2 Å². The molecule has 0 unspecified atom stereocenters. The first-order chi connectivity index (χ1) is 7.38. The SMILES string of the molecule is N[C@@H]1CCN(C(=O)CCOCC(F)(F)F)C1. The van der Waals surface area contributed by atoms with Crippen molar-refractivity contribution in [3.05, 3.63) is 0 Å². The Morgan fingerprint density at radius 2 is 2.19 bits per heavy atom. The lowest BCUT2D eigenvalue weighted by atomic mass is 10.3. The summed E-state index contributed by atoms with van der Waals surface area (Å²) in [5.41, 5.74) is 5.60. The van der Waals surface area contributed by atoms with Crippen LogP contribution in [-0.2, 0) is 9.53 Å². The highest BCUT2D eigenvalue weighted by Crippen LogP contribution is 2.14. The first-order valence-electron chi connectivity index (χ1n) is 5.06. The van der Waals surface area contributed by atoms with Gasteiger partial charge in [0, 0.05) is 19.1 Å².